The molecule has 0 spiro atoms. The number of hydrogen-bond acceptors (Lipinski definition) is 6. The topological polar surface area (TPSA) is 53.9 Å². The fourth-order valence-corrected chi connectivity index (χ4v) is 3.31. The van der Waals surface area contributed by atoms with Gasteiger partial charge in [0.25, 0.3) is 0 Å². The van der Waals surface area contributed by atoms with E-state index in [9.17, 15) is 0 Å². The van der Waals surface area contributed by atoms with E-state index in [0.717, 1.165) is 36.2 Å². The Balaban J connectivity index is 1.65. The van der Waals surface area contributed by atoms with Gasteiger partial charge in [-0.3, -0.25) is 4.90 Å². The highest BCUT2D eigenvalue weighted by Crippen LogP contribution is 2.21. The van der Waals surface area contributed by atoms with Gasteiger partial charge in [0.05, 0.1) is 5.69 Å². The number of nitrogens with zero attached hydrogens (tertiary/aromatic N) is 4. The number of likely N-dealkylation sites (N-methyl/N-ethyl adjacent to an activating group) is 1. The van der Waals surface area contributed by atoms with E-state index in [1.54, 1.807) is 23.7 Å². The van der Waals surface area contributed by atoms with Gasteiger partial charge in [-0.1, -0.05) is 0 Å². The Bertz CT molecular complexity index is 542. The first-order valence-corrected chi connectivity index (χ1v) is 7.84. The molecule has 2 aromatic rings. The van der Waals surface area contributed by atoms with Crippen LogP contribution in [0.25, 0.3) is 10.8 Å². The highest BCUT2D eigenvalue weighted by Gasteiger charge is 2.19. The maximum Gasteiger partial charge on any atom is 0.188 e. The molecule has 3 heterocycles. The van der Waals surface area contributed by atoms with E-state index >= 15 is 0 Å². The first kappa shape index (κ1) is 13.6. The van der Waals surface area contributed by atoms with Crippen LogP contribution in [0.3, 0.4) is 0 Å². The molecule has 1 aliphatic rings. The van der Waals surface area contributed by atoms with Crippen LogP contribution in [-0.4, -0.2) is 46.0 Å². The van der Waals surface area contributed by atoms with Crippen molar-refractivity contribution in [3.63, 3.8) is 0 Å². The molecular weight excluding hydrogens is 270 g/mol. The Kier molecular flexibility index (Phi) is 4.34. The largest absolute Gasteiger partial charge is 0.316 e. The normalized spacial score (nSPS) is 20.1. The van der Waals surface area contributed by atoms with Crippen molar-refractivity contribution in [2.45, 2.75) is 25.4 Å². The van der Waals surface area contributed by atoms with Gasteiger partial charge in [0.2, 0.25) is 0 Å². The van der Waals surface area contributed by atoms with Crippen LogP contribution in [-0.2, 0) is 6.54 Å². The molecule has 0 amide bonds. The van der Waals surface area contributed by atoms with Gasteiger partial charge in [-0.25, -0.2) is 15.0 Å². The van der Waals surface area contributed by atoms with Crippen LogP contribution in [0.2, 0.25) is 0 Å². The van der Waals surface area contributed by atoms with Crippen LogP contribution in [0.15, 0.2) is 23.8 Å². The minimum absolute atomic E-state index is 0.610. The third kappa shape index (κ3) is 3.20. The van der Waals surface area contributed by atoms with E-state index in [1.165, 1.54) is 12.8 Å². The fraction of sp³-hybridized carbons (Fsp3) is 0.500. The molecule has 1 N–H and O–H groups in total. The molecule has 0 aromatic carbocycles. The number of thiazole rings is 1. The quantitative estimate of drug-likeness (QED) is 0.930. The minimum atomic E-state index is 0.610. The van der Waals surface area contributed by atoms with E-state index in [4.69, 9.17) is 0 Å². The van der Waals surface area contributed by atoms with Crippen molar-refractivity contribution in [1.82, 2.24) is 25.2 Å². The van der Waals surface area contributed by atoms with Crippen molar-refractivity contribution in [1.29, 1.82) is 0 Å². The van der Waals surface area contributed by atoms with Gasteiger partial charge in [0.1, 0.15) is 0 Å². The summed E-state index contributed by atoms with van der Waals surface area (Å²) in [5, 5.41) is 6.40. The maximum atomic E-state index is 4.66. The number of nitrogens with one attached hydrogen (secondary N) is 1. The second kappa shape index (κ2) is 6.39. The molecule has 2 aromatic heterocycles. The summed E-state index contributed by atoms with van der Waals surface area (Å²) >= 11 is 1.62. The average molecular weight is 289 g/mol. The molecule has 1 saturated heterocycles. The van der Waals surface area contributed by atoms with Crippen LogP contribution < -0.4 is 5.32 Å². The van der Waals surface area contributed by atoms with E-state index in [2.05, 4.69) is 30.5 Å². The molecule has 106 valence electrons. The Morgan fingerprint density at radius 2 is 2.25 bits per heavy atom. The lowest BCUT2D eigenvalue weighted by Gasteiger charge is -2.31. The van der Waals surface area contributed by atoms with Crippen molar-refractivity contribution in [2.75, 3.05) is 20.1 Å². The third-order valence-corrected chi connectivity index (χ3v) is 4.50. The van der Waals surface area contributed by atoms with Crippen LogP contribution in [0.5, 0.6) is 0 Å². The molecule has 1 fully saturated rings. The van der Waals surface area contributed by atoms with Crippen molar-refractivity contribution >= 4 is 11.3 Å². The molecule has 0 aliphatic carbocycles. The molecule has 1 atom stereocenters. The molecule has 0 bridgehead atoms. The van der Waals surface area contributed by atoms with Crippen LogP contribution >= 0.6 is 11.3 Å². The minimum Gasteiger partial charge on any atom is -0.316 e. The number of rotatable bonds is 4. The van der Waals surface area contributed by atoms with Gasteiger partial charge in [-0.2, -0.15) is 0 Å². The summed E-state index contributed by atoms with van der Waals surface area (Å²) in [4.78, 5) is 15.6. The molecule has 3 rings (SSSR count). The predicted molar refractivity (Wildman–Crippen MR) is 80.5 cm³/mol. The zero-order valence-corrected chi connectivity index (χ0v) is 12.4. The van der Waals surface area contributed by atoms with Crippen molar-refractivity contribution in [3.05, 3.63) is 29.5 Å². The zero-order valence-electron chi connectivity index (χ0n) is 11.6. The first-order valence-electron chi connectivity index (χ1n) is 6.96. The van der Waals surface area contributed by atoms with Crippen molar-refractivity contribution < 1.29 is 0 Å². The summed E-state index contributed by atoms with van der Waals surface area (Å²) in [6.45, 7) is 3.18. The molecule has 0 saturated carbocycles. The number of likely N-dealkylation sites (tertiary alicyclic amines) is 1. The summed E-state index contributed by atoms with van der Waals surface area (Å²) < 4.78 is 0. The van der Waals surface area contributed by atoms with E-state index < -0.39 is 0 Å². The molecule has 1 aliphatic heterocycles. The highest BCUT2D eigenvalue weighted by molar-refractivity contribution is 7.13. The number of aromatic nitrogens is 3. The van der Waals surface area contributed by atoms with Crippen molar-refractivity contribution in [3.8, 4) is 10.8 Å². The molecule has 6 heteroatoms. The number of piperidine rings is 1. The molecule has 0 radical (unpaired) electrons. The van der Waals surface area contributed by atoms with E-state index in [1.807, 2.05) is 13.1 Å². The van der Waals surface area contributed by atoms with Gasteiger partial charge in [-0.15, -0.1) is 11.3 Å². The van der Waals surface area contributed by atoms with Gasteiger partial charge in [0, 0.05) is 36.9 Å². The smallest absolute Gasteiger partial charge is 0.188 e. The zero-order chi connectivity index (χ0) is 13.8. The Morgan fingerprint density at radius 3 is 3.05 bits per heavy atom. The maximum absolute atomic E-state index is 4.66. The van der Waals surface area contributed by atoms with E-state index in [-0.39, 0.29) is 0 Å². The Hall–Kier alpha value is -1.37. The van der Waals surface area contributed by atoms with Crippen LogP contribution in [0.4, 0.5) is 0 Å². The third-order valence-electron chi connectivity index (χ3n) is 3.61. The van der Waals surface area contributed by atoms with Crippen LogP contribution in [0.1, 0.15) is 18.5 Å². The average Bonchev–Trinajstić information content (AvgIpc) is 2.97. The summed E-state index contributed by atoms with van der Waals surface area (Å²) in [6, 6.07) is 2.43. The predicted octanol–water partition coefficient (Wildman–Crippen LogP) is 1.78. The lowest BCUT2D eigenvalue weighted by molar-refractivity contribution is 0.186. The van der Waals surface area contributed by atoms with Gasteiger partial charge >= 0.3 is 0 Å². The second-order valence-electron chi connectivity index (χ2n) is 5.08. The fourth-order valence-electron chi connectivity index (χ4n) is 2.56. The van der Waals surface area contributed by atoms with Crippen LogP contribution in [0, 0.1) is 0 Å². The highest BCUT2D eigenvalue weighted by atomic mass is 32.1. The van der Waals surface area contributed by atoms with E-state index in [0.29, 0.717) is 6.04 Å². The molecule has 20 heavy (non-hydrogen) atoms. The lowest BCUT2D eigenvalue weighted by atomic mass is 10.1. The molecular formula is C14H19N5S. The first-order chi connectivity index (χ1) is 9.85. The monoisotopic (exact) mass is 289 g/mol. The summed E-state index contributed by atoms with van der Waals surface area (Å²) in [6.07, 6.45) is 6.04. The summed E-state index contributed by atoms with van der Waals surface area (Å²) in [5.74, 6) is 0.718. The lowest BCUT2D eigenvalue weighted by Crippen LogP contribution is -2.43. The van der Waals surface area contributed by atoms with Crippen molar-refractivity contribution in [2.24, 2.45) is 0 Å². The Morgan fingerprint density at radius 1 is 1.40 bits per heavy atom. The molecule has 1 unspecified atom stereocenters. The molecule has 5 nitrogen and oxygen atoms in total. The second-order valence-corrected chi connectivity index (χ2v) is 5.94. The SMILES string of the molecule is CNC1CCCN(Cc2csc(-c3ncccn3)n2)C1. The number of hydrogen-bond donors (Lipinski definition) is 1. The summed E-state index contributed by atoms with van der Waals surface area (Å²) in [5.41, 5.74) is 1.12. The van der Waals surface area contributed by atoms with Gasteiger partial charge in [0.15, 0.2) is 10.8 Å². The van der Waals surface area contributed by atoms with Gasteiger partial charge < -0.3 is 5.32 Å². The Labute approximate surface area is 123 Å². The van der Waals surface area contributed by atoms with Gasteiger partial charge in [-0.05, 0) is 32.5 Å². The standard InChI is InChI=1S/C14H19N5S/c1-15-11-4-2-7-19(8-11)9-12-10-20-14(18-12)13-16-5-3-6-17-13/h3,5-6,10-11,15H,2,4,7-9H2,1H3. The summed E-state index contributed by atoms with van der Waals surface area (Å²) in [7, 11) is 2.04.